The van der Waals surface area contributed by atoms with E-state index in [1.807, 2.05) is 36.0 Å². The molecule has 1 atom stereocenters. The molecule has 0 spiro atoms. The predicted octanol–water partition coefficient (Wildman–Crippen LogP) is 3.87. The van der Waals surface area contributed by atoms with Crippen LogP contribution in [-0.2, 0) is 4.79 Å². The van der Waals surface area contributed by atoms with E-state index in [0.29, 0.717) is 19.1 Å². The third-order valence-electron chi connectivity index (χ3n) is 5.09. The number of anilines is 1. The number of rotatable bonds is 4. The van der Waals surface area contributed by atoms with Gasteiger partial charge in [0, 0.05) is 17.9 Å². The Labute approximate surface area is 142 Å². The molecule has 1 amide bonds. The second kappa shape index (κ2) is 6.30. The minimum atomic E-state index is 0.0457. The smallest absolute Gasteiger partial charge is 0.226 e. The third kappa shape index (κ3) is 2.68. The van der Waals surface area contributed by atoms with Gasteiger partial charge < -0.3 is 10.1 Å². The molecule has 5 nitrogen and oxygen atoms in total. The van der Waals surface area contributed by atoms with Crippen molar-refractivity contribution < 1.29 is 9.53 Å². The van der Waals surface area contributed by atoms with Crippen LogP contribution in [0.15, 0.2) is 30.5 Å². The molecule has 0 saturated heterocycles. The fraction of sp³-hybridized carbons (Fsp3) is 0.474. The Morgan fingerprint density at radius 1 is 1.33 bits per heavy atom. The van der Waals surface area contributed by atoms with E-state index in [1.165, 1.54) is 12.8 Å². The molecule has 1 aromatic carbocycles. The van der Waals surface area contributed by atoms with E-state index in [9.17, 15) is 4.79 Å². The van der Waals surface area contributed by atoms with Gasteiger partial charge in [0.05, 0.1) is 18.8 Å². The molecule has 2 aliphatic rings. The maximum Gasteiger partial charge on any atom is 0.226 e. The van der Waals surface area contributed by atoms with Crippen LogP contribution < -0.4 is 10.1 Å². The molecular formula is C19H23N3O2. The van der Waals surface area contributed by atoms with E-state index < -0.39 is 0 Å². The number of hydrogen-bond acceptors (Lipinski definition) is 3. The first-order valence-electron chi connectivity index (χ1n) is 8.86. The molecule has 2 aromatic rings. The lowest BCUT2D eigenvalue weighted by atomic mass is 9.87. The van der Waals surface area contributed by atoms with Gasteiger partial charge in [-0.25, -0.2) is 4.68 Å². The number of fused-ring (bicyclic) bond motifs is 1. The zero-order chi connectivity index (χ0) is 16.5. The van der Waals surface area contributed by atoms with Gasteiger partial charge in [-0.3, -0.25) is 4.79 Å². The van der Waals surface area contributed by atoms with Crippen LogP contribution in [0.1, 0.15) is 62.1 Å². The monoisotopic (exact) mass is 325 g/mol. The van der Waals surface area contributed by atoms with Crippen LogP contribution in [0.2, 0.25) is 0 Å². The summed E-state index contributed by atoms with van der Waals surface area (Å²) in [6, 6.07) is 8.49. The van der Waals surface area contributed by atoms with Crippen LogP contribution in [-0.4, -0.2) is 22.3 Å². The van der Waals surface area contributed by atoms with E-state index in [4.69, 9.17) is 4.74 Å². The van der Waals surface area contributed by atoms with Crippen LogP contribution >= 0.6 is 0 Å². The van der Waals surface area contributed by atoms with Crippen molar-refractivity contribution in [1.29, 1.82) is 0 Å². The average Bonchev–Trinajstić information content (AvgIpc) is 3.23. The van der Waals surface area contributed by atoms with Gasteiger partial charge in [0.2, 0.25) is 5.91 Å². The van der Waals surface area contributed by atoms with Gasteiger partial charge >= 0.3 is 0 Å². The van der Waals surface area contributed by atoms with Crippen molar-refractivity contribution in [1.82, 2.24) is 9.78 Å². The highest BCUT2D eigenvalue weighted by molar-refractivity contribution is 5.94. The fourth-order valence-corrected chi connectivity index (χ4v) is 3.95. The molecule has 1 saturated carbocycles. The molecule has 1 aliphatic carbocycles. The van der Waals surface area contributed by atoms with Crippen molar-refractivity contribution in [2.75, 3.05) is 11.9 Å². The number of nitrogens with zero attached hydrogens (tertiary/aromatic N) is 2. The van der Waals surface area contributed by atoms with Crippen molar-refractivity contribution in [2.45, 2.75) is 51.0 Å². The SMILES string of the molecule is CCOc1cccc(C2CC(=O)Nc3c2cnn3C2CCCC2)c1. The maximum absolute atomic E-state index is 12.3. The van der Waals surface area contributed by atoms with Gasteiger partial charge in [-0.15, -0.1) is 0 Å². The number of amides is 1. The van der Waals surface area contributed by atoms with Gasteiger partial charge in [0.25, 0.3) is 0 Å². The van der Waals surface area contributed by atoms with Crippen LogP contribution in [0, 0.1) is 0 Å². The van der Waals surface area contributed by atoms with Crippen LogP contribution in [0.5, 0.6) is 5.75 Å². The summed E-state index contributed by atoms with van der Waals surface area (Å²) in [6.07, 6.45) is 7.17. The number of benzene rings is 1. The number of hydrogen-bond donors (Lipinski definition) is 1. The molecule has 1 aliphatic heterocycles. The summed E-state index contributed by atoms with van der Waals surface area (Å²) < 4.78 is 7.66. The number of carbonyl (C=O) groups excluding carboxylic acids is 1. The summed E-state index contributed by atoms with van der Waals surface area (Å²) in [5.41, 5.74) is 2.23. The number of nitrogens with one attached hydrogen (secondary N) is 1. The molecule has 126 valence electrons. The standard InChI is InChI=1S/C19H23N3O2/c1-2-24-15-9-5-6-13(10-15)16-11-18(23)21-19-17(16)12-20-22(19)14-7-3-4-8-14/h5-6,9-10,12,14,16H,2-4,7-8,11H2,1H3,(H,21,23). The summed E-state index contributed by atoms with van der Waals surface area (Å²) in [5, 5.41) is 7.67. The number of aromatic nitrogens is 2. The second-order valence-electron chi connectivity index (χ2n) is 6.64. The lowest BCUT2D eigenvalue weighted by Gasteiger charge is -2.25. The van der Waals surface area contributed by atoms with Crippen molar-refractivity contribution in [3.05, 3.63) is 41.6 Å². The van der Waals surface area contributed by atoms with Crippen LogP contribution in [0.4, 0.5) is 5.82 Å². The highest BCUT2D eigenvalue weighted by Gasteiger charge is 2.32. The third-order valence-corrected chi connectivity index (χ3v) is 5.09. The van der Waals surface area contributed by atoms with Crippen molar-refractivity contribution in [2.24, 2.45) is 0 Å². The van der Waals surface area contributed by atoms with Gasteiger partial charge in [-0.2, -0.15) is 5.10 Å². The molecule has 0 bridgehead atoms. The van der Waals surface area contributed by atoms with Crippen LogP contribution in [0.3, 0.4) is 0 Å². The quantitative estimate of drug-likeness (QED) is 0.928. The zero-order valence-electron chi connectivity index (χ0n) is 14.0. The number of ether oxygens (including phenoxy) is 1. The maximum atomic E-state index is 12.3. The van der Waals surface area contributed by atoms with E-state index in [0.717, 1.165) is 35.5 Å². The van der Waals surface area contributed by atoms with Crippen molar-refractivity contribution >= 4 is 11.7 Å². The molecule has 5 heteroatoms. The summed E-state index contributed by atoms with van der Waals surface area (Å²) in [5.74, 6) is 1.86. The molecule has 1 aromatic heterocycles. The highest BCUT2D eigenvalue weighted by Crippen LogP contribution is 2.41. The Balaban J connectivity index is 1.71. The normalized spacial score (nSPS) is 20.7. The predicted molar refractivity (Wildman–Crippen MR) is 92.4 cm³/mol. The lowest BCUT2D eigenvalue weighted by Crippen LogP contribution is -2.25. The average molecular weight is 325 g/mol. The van der Waals surface area contributed by atoms with Gasteiger partial charge in [0.15, 0.2) is 0 Å². The Hall–Kier alpha value is -2.30. The topological polar surface area (TPSA) is 56.1 Å². The van der Waals surface area contributed by atoms with E-state index in [1.54, 1.807) is 0 Å². The zero-order valence-corrected chi connectivity index (χ0v) is 14.0. The van der Waals surface area contributed by atoms with Crippen molar-refractivity contribution in [3.8, 4) is 5.75 Å². The van der Waals surface area contributed by atoms with Gasteiger partial charge in [-0.1, -0.05) is 25.0 Å². The number of carbonyl (C=O) groups is 1. The van der Waals surface area contributed by atoms with E-state index >= 15 is 0 Å². The summed E-state index contributed by atoms with van der Waals surface area (Å²) in [7, 11) is 0. The molecular weight excluding hydrogens is 302 g/mol. The Bertz CT molecular complexity index is 747. The molecule has 4 rings (SSSR count). The lowest BCUT2D eigenvalue weighted by molar-refractivity contribution is -0.116. The molecule has 1 N–H and O–H groups in total. The molecule has 1 fully saturated rings. The Morgan fingerprint density at radius 3 is 2.96 bits per heavy atom. The summed E-state index contributed by atoms with van der Waals surface area (Å²) >= 11 is 0. The van der Waals surface area contributed by atoms with Gasteiger partial charge in [0.1, 0.15) is 11.6 Å². The first-order chi connectivity index (χ1) is 11.8. The minimum Gasteiger partial charge on any atom is -0.494 e. The molecule has 2 heterocycles. The summed E-state index contributed by atoms with van der Waals surface area (Å²) in [4.78, 5) is 12.3. The molecule has 0 radical (unpaired) electrons. The minimum absolute atomic E-state index is 0.0457. The van der Waals surface area contributed by atoms with Crippen LogP contribution in [0.25, 0.3) is 0 Å². The largest absolute Gasteiger partial charge is 0.494 e. The Kier molecular flexibility index (Phi) is 4.00. The second-order valence-corrected chi connectivity index (χ2v) is 6.64. The fourth-order valence-electron chi connectivity index (χ4n) is 3.95. The van der Waals surface area contributed by atoms with E-state index in [-0.39, 0.29) is 11.8 Å². The van der Waals surface area contributed by atoms with Crippen molar-refractivity contribution in [3.63, 3.8) is 0 Å². The first kappa shape index (κ1) is 15.2. The van der Waals surface area contributed by atoms with E-state index in [2.05, 4.69) is 16.5 Å². The summed E-state index contributed by atoms with van der Waals surface area (Å²) in [6.45, 7) is 2.62. The first-order valence-corrected chi connectivity index (χ1v) is 8.86. The Morgan fingerprint density at radius 2 is 2.17 bits per heavy atom. The highest BCUT2D eigenvalue weighted by atomic mass is 16.5. The van der Waals surface area contributed by atoms with Gasteiger partial charge in [-0.05, 0) is 37.5 Å². The molecule has 24 heavy (non-hydrogen) atoms. The molecule has 1 unspecified atom stereocenters.